The maximum absolute atomic E-state index is 12.9. The van der Waals surface area contributed by atoms with Gasteiger partial charge in [0.2, 0.25) is 0 Å². The van der Waals surface area contributed by atoms with Crippen LogP contribution in [-0.2, 0) is 13.1 Å². The molecule has 0 radical (unpaired) electrons. The third kappa shape index (κ3) is 5.68. The molecule has 0 amide bonds. The summed E-state index contributed by atoms with van der Waals surface area (Å²) in [6.45, 7) is 3.87. The predicted octanol–water partition coefficient (Wildman–Crippen LogP) is 4.71. The van der Waals surface area contributed by atoms with E-state index < -0.39 is 0 Å². The van der Waals surface area contributed by atoms with Gasteiger partial charge in [-0.15, -0.1) is 12.4 Å². The van der Waals surface area contributed by atoms with Gasteiger partial charge in [0.05, 0.1) is 18.2 Å². The Hall–Kier alpha value is -1.30. The van der Waals surface area contributed by atoms with E-state index in [0.29, 0.717) is 31.2 Å². The van der Waals surface area contributed by atoms with Gasteiger partial charge in [-0.1, -0.05) is 12.1 Å². The van der Waals surface area contributed by atoms with Crippen molar-refractivity contribution in [2.45, 2.75) is 20.0 Å². The van der Waals surface area contributed by atoms with Crippen molar-refractivity contribution in [2.75, 3.05) is 13.7 Å². The van der Waals surface area contributed by atoms with E-state index in [0.717, 1.165) is 15.6 Å². The normalized spacial score (nSPS) is 10.1. The first kappa shape index (κ1) is 19.7. The summed E-state index contributed by atoms with van der Waals surface area (Å²) in [5, 5.41) is 3.33. The average Bonchev–Trinajstić information content (AvgIpc) is 2.51. The molecule has 2 aromatic carbocycles. The Morgan fingerprint density at radius 3 is 2.35 bits per heavy atom. The van der Waals surface area contributed by atoms with Gasteiger partial charge >= 0.3 is 0 Å². The summed E-state index contributed by atoms with van der Waals surface area (Å²) in [6, 6.07) is 10.4. The van der Waals surface area contributed by atoms with Gasteiger partial charge in [-0.05, 0) is 58.2 Å². The van der Waals surface area contributed by atoms with E-state index in [4.69, 9.17) is 9.47 Å². The standard InChI is InChI=1S/C17H19BrFNO2.ClH/c1-3-22-17-15(18)8-13(9-16(17)21-2)11-20-10-12-4-6-14(19)7-5-12;/h4-9,20H,3,10-11H2,1-2H3;1H. The van der Waals surface area contributed by atoms with Crippen molar-refractivity contribution in [3.05, 3.63) is 57.8 Å². The molecule has 126 valence electrons. The number of ether oxygens (including phenoxy) is 2. The quantitative estimate of drug-likeness (QED) is 0.725. The van der Waals surface area contributed by atoms with Crippen molar-refractivity contribution >= 4 is 28.3 Å². The highest BCUT2D eigenvalue weighted by molar-refractivity contribution is 9.10. The lowest BCUT2D eigenvalue weighted by Crippen LogP contribution is -2.13. The molecule has 0 unspecified atom stereocenters. The summed E-state index contributed by atoms with van der Waals surface area (Å²) in [6.07, 6.45) is 0. The summed E-state index contributed by atoms with van der Waals surface area (Å²) in [5.74, 6) is 1.20. The number of nitrogens with one attached hydrogen (secondary N) is 1. The minimum absolute atomic E-state index is 0. The van der Waals surface area contributed by atoms with E-state index >= 15 is 0 Å². The van der Waals surface area contributed by atoms with Crippen molar-refractivity contribution in [3.63, 3.8) is 0 Å². The molecule has 0 fully saturated rings. The van der Waals surface area contributed by atoms with Gasteiger partial charge in [-0.25, -0.2) is 4.39 Å². The summed E-state index contributed by atoms with van der Waals surface area (Å²) in [5.41, 5.74) is 2.12. The molecule has 0 heterocycles. The summed E-state index contributed by atoms with van der Waals surface area (Å²) in [4.78, 5) is 0. The molecule has 6 heteroatoms. The molecule has 0 saturated heterocycles. The van der Waals surface area contributed by atoms with Crippen molar-refractivity contribution in [1.29, 1.82) is 0 Å². The lowest BCUT2D eigenvalue weighted by atomic mass is 10.2. The zero-order valence-corrected chi connectivity index (χ0v) is 15.5. The van der Waals surface area contributed by atoms with Crippen LogP contribution < -0.4 is 14.8 Å². The fourth-order valence-electron chi connectivity index (χ4n) is 2.11. The molecule has 3 nitrogen and oxygen atoms in total. The van der Waals surface area contributed by atoms with Gasteiger partial charge in [0.25, 0.3) is 0 Å². The number of benzene rings is 2. The number of hydrogen-bond donors (Lipinski definition) is 1. The monoisotopic (exact) mass is 403 g/mol. The minimum atomic E-state index is -0.219. The van der Waals surface area contributed by atoms with Crippen LogP contribution in [-0.4, -0.2) is 13.7 Å². The molecule has 1 N–H and O–H groups in total. The van der Waals surface area contributed by atoms with Crippen LogP contribution in [0.4, 0.5) is 4.39 Å². The van der Waals surface area contributed by atoms with Gasteiger partial charge < -0.3 is 14.8 Å². The third-order valence-corrected chi connectivity index (χ3v) is 3.74. The van der Waals surface area contributed by atoms with E-state index in [1.807, 2.05) is 19.1 Å². The number of hydrogen-bond acceptors (Lipinski definition) is 3. The number of rotatable bonds is 7. The molecule has 0 aliphatic rings. The second kappa shape index (κ2) is 9.75. The van der Waals surface area contributed by atoms with Gasteiger partial charge in [-0.3, -0.25) is 0 Å². The molecule has 0 saturated carbocycles. The Balaban J connectivity index is 0.00000264. The first-order valence-corrected chi connectivity index (χ1v) is 7.87. The first-order valence-electron chi connectivity index (χ1n) is 7.08. The number of halogens is 3. The molecule has 0 aliphatic heterocycles. The van der Waals surface area contributed by atoms with E-state index in [2.05, 4.69) is 21.2 Å². The molecule has 0 bridgehead atoms. The largest absolute Gasteiger partial charge is 0.493 e. The SMILES string of the molecule is CCOc1c(Br)cc(CNCc2ccc(F)cc2)cc1OC.Cl. The van der Waals surface area contributed by atoms with Crippen LogP contribution in [0.15, 0.2) is 40.9 Å². The van der Waals surface area contributed by atoms with Crippen LogP contribution in [0.2, 0.25) is 0 Å². The van der Waals surface area contributed by atoms with Gasteiger partial charge in [0.15, 0.2) is 11.5 Å². The molecule has 0 atom stereocenters. The highest BCUT2D eigenvalue weighted by Gasteiger charge is 2.11. The highest BCUT2D eigenvalue weighted by atomic mass is 79.9. The number of methoxy groups -OCH3 is 1. The van der Waals surface area contributed by atoms with Crippen LogP contribution in [0.1, 0.15) is 18.1 Å². The van der Waals surface area contributed by atoms with Crippen LogP contribution in [0.25, 0.3) is 0 Å². The Kier molecular flexibility index (Phi) is 8.37. The first-order chi connectivity index (χ1) is 10.6. The van der Waals surface area contributed by atoms with Crippen LogP contribution in [0.5, 0.6) is 11.5 Å². The van der Waals surface area contributed by atoms with E-state index in [1.165, 1.54) is 12.1 Å². The molecule has 0 spiro atoms. The van der Waals surface area contributed by atoms with Crippen LogP contribution in [0, 0.1) is 5.82 Å². The fraction of sp³-hybridized carbons (Fsp3) is 0.294. The van der Waals surface area contributed by atoms with Gasteiger partial charge in [0, 0.05) is 13.1 Å². The van der Waals surface area contributed by atoms with Crippen LogP contribution >= 0.6 is 28.3 Å². The molecule has 2 aromatic rings. The zero-order chi connectivity index (χ0) is 15.9. The van der Waals surface area contributed by atoms with E-state index in [-0.39, 0.29) is 18.2 Å². The lowest BCUT2D eigenvalue weighted by Gasteiger charge is -2.14. The fourth-order valence-corrected chi connectivity index (χ4v) is 2.72. The van der Waals surface area contributed by atoms with Crippen molar-refractivity contribution in [3.8, 4) is 11.5 Å². The lowest BCUT2D eigenvalue weighted by molar-refractivity contribution is 0.308. The molecule has 23 heavy (non-hydrogen) atoms. The predicted molar refractivity (Wildman–Crippen MR) is 96.1 cm³/mol. The van der Waals surface area contributed by atoms with Crippen molar-refractivity contribution < 1.29 is 13.9 Å². The molecule has 2 rings (SSSR count). The van der Waals surface area contributed by atoms with Gasteiger partial charge in [-0.2, -0.15) is 0 Å². The second-order valence-corrected chi connectivity index (χ2v) is 5.63. The summed E-state index contributed by atoms with van der Waals surface area (Å²) >= 11 is 3.51. The average molecular weight is 405 g/mol. The summed E-state index contributed by atoms with van der Waals surface area (Å²) < 4.78 is 24.7. The Labute approximate surface area is 150 Å². The molecular weight excluding hydrogens is 385 g/mol. The van der Waals surface area contributed by atoms with Gasteiger partial charge in [0.1, 0.15) is 5.82 Å². The Morgan fingerprint density at radius 2 is 1.74 bits per heavy atom. The molecule has 0 aromatic heterocycles. The van der Waals surface area contributed by atoms with Crippen molar-refractivity contribution in [1.82, 2.24) is 5.32 Å². The second-order valence-electron chi connectivity index (χ2n) is 4.77. The van der Waals surface area contributed by atoms with Crippen LogP contribution in [0.3, 0.4) is 0 Å². The van der Waals surface area contributed by atoms with E-state index in [1.54, 1.807) is 19.2 Å². The molecular formula is C17H20BrClFNO2. The highest BCUT2D eigenvalue weighted by Crippen LogP contribution is 2.36. The third-order valence-electron chi connectivity index (χ3n) is 3.15. The minimum Gasteiger partial charge on any atom is -0.493 e. The summed E-state index contributed by atoms with van der Waals surface area (Å²) in [7, 11) is 1.63. The molecule has 0 aliphatic carbocycles. The van der Waals surface area contributed by atoms with Crippen molar-refractivity contribution in [2.24, 2.45) is 0 Å². The maximum atomic E-state index is 12.9. The topological polar surface area (TPSA) is 30.5 Å². The smallest absolute Gasteiger partial charge is 0.175 e. The van der Waals surface area contributed by atoms with E-state index in [9.17, 15) is 4.39 Å². The Morgan fingerprint density at radius 1 is 1.09 bits per heavy atom. The maximum Gasteiger partial charge on any atom is 0.175 e. The zero-order valence-electron chi connectivity index (χ0n) is 13.1. The Bertz CT molecular complexity index is 623.